The molecule has 18 heavy (non-hydrogen) atoms. The van der Waals surface area contributed by atoms with Crippen molar-refractivity contribution in [2.24, 2.45) is 0 Å². The van der Waals surface area contributed by atoms with E-state index in [4.69, 9.17) is 16.3 Å². The predicted octanol–water partition coefficient (Wildman–Crippen LogP) is 2.80. The van der Waals surface area contributed by atoms with Crippen molar-refractivity contribution in [2.45, 2.75) is 18.9 Å². The molecule has 0 bridgehead atoms. The molecule has 0 saturated carbocycles. The van der Waals surface area contributed by atoms with Crippen LogP contribution in [0.3, 0.4) is 0 Å². The number of alkyl halides is 1. The third-order valence-corrected chi connectivity index (χ3v) is 3.33. The van der Waals surface area contributed by atoms with Crippen LogP contribution < -0.4 is 5.32 Å². The summed E-state index contributed by atoms with van der Waals surface area (Å²) in [5, 5.41) is 4.39. The minimum Gasteiger partial charge on any atom is -0.383 e. The van der Waals surface area contributed by atoms with E-state index >= 15 is 0 Å². The average Bonchev–Trinajstić information content (AvgIpc) is 2.33. The van der Waals surface area contributed by atoms with Crippen LogP contribution in [0.1, 0.15) is 12.0 Å². The minimum atomic E-state index is -0.0360. The van der Waals surface area contributed by atoms with E-state index in [-0.39, 0.29) is 11.9 Å². The fourth-order valence-corrected chi connectivity index (χ4v) is 2.38. The maximum Gasteiger partial charge on any atom is 0.224 e. The average molecular weight is 335 g/mol. The van der Waals surface area contributed by atoms with Gasteiger partial charge in [0.05, 0.1) is 19.1 Å². The summed E-state index contributed by atoms with van der Waals surface area (Å²) in [5.74, 6) is -0.0360. The van der Waals surface area contributed by atoms with Crippen LogP contribution in [-0.4, -0.2) is 31.0 Å². The van der Waals surface area contributed by atoms with E-state index in [9.17, 15) is 4.79 Å². The van der Waals surface area contributed by atoms with Crippen molar-refractivity contribution in [2.75, 3.05) is 19.0 Å². The Morgan fingerprint density at radius 1 is 1.50 bits per heavy atom. The number of benzene rings is 1. The van der Waals surface area contributed by atoms with Gasteiger partial charge in [-0.05, 0) is 18.1 Å². The monoisotopic (exact) mass is 333 g/mol. The summed E-state index contributed by atoms with van der Waals surface area (Å²) < 4.78 is 5.07. The van der Waals surface area contributed by atoms with Crippen LogP contribution in [0, 0.1) is 0 Å². The van der Waals surface area contributed by atoms with Crippen LogP contribution >= 0.6 is 27.5 Å². The van der Waals surface area contributed by atoms with Crippen LogP contribution in [-0.2, 0) is 16.0 Å². The molecular weight excluding hydrogens is 318 g/mol. The second kappa shape index (κ2) is 8.51. The lowest BCUT2D eigenvalue weighted by atomic mass is 10.1. The van der Waals surface area contributed by atoms with E-state index in [0.717, 1.165) is 17.3 Å². The van der Waals surface area contributed by atoms with Crippen molar-refractivity contribution in [3.63, 3.8) is 0 Å². The molecule has 1 rings (SSSR count). The van der Waals surface area contributed by atoms with E-state index in [1.165, 1.54) is 0 Å². The van der Waals surface area contributed by atoms with Crippen molar-refractivity contribution in [1.29, 1.82) is 0 Å². The molecule has 1 unspecified atom stereocenters. The quantitative estimate of drug-likeness (QED) is 0.779. The smallest absolute Gasteiger partial charge is 0.224 e. The lowest BCUT2D eigenvalue weighted by Crippen LogP contribution is -2.39. The van der Waals surface area contributed by atoms with Gasteiger partial charge in [-0.2, -0.15) is 0 Å². The lowest BCUT2D eigenvalue weighted by molar-refractivity contribution is -0.121. The Balaban J connectivity index is 2.52. The van der Waals surface area contributed by atoms with Crippen LogP contribution in [0.5, 0.6) is 0 Å². The van der Waals surface area contributed by atoms with Gasteiger partial charge in [-0.3, -0.25) is 4.79 Å². The third kappa shape index (κ3) is 5.38. The molecule has 1 aromatic carbocycles. The van der Waals surface area contributed by atoms with Crippen LogP contribution in [0.4, 0.5) is 0 Å². The van der Waals surface area contributed by atoms with E-state index in [2.05, 4.69) is 21.2 Å². The Morgan fingerprint density at radius 2 is 2.22 bits per heavy atom. The number of nitrogens with one attached hydrogen (secondary N) is 1. The normalized spacial score (nSPS) is 12.2. The van der Waals surface area contributed by atoms with Gasteiger partial charge >= 0.3 is 0 Å². The highest BCUT2D eigenvalue weighted by atomic mass is 79.9. The van der Waals surface area contributed by atoms with Gasteiger partial charge in [-0.15, -0.1) is 0 Å². The number of halogens is 2. The van der Waals surface area contributed by atoms with Gasteiger partial charge in [0.1, 0.15) is 0 Å². The fraction of sp³-hybridized carbons (Fsp3) is 0.462. The molecule has 1 atom stereocenters. The van der Waals surface area contributed by atoms with E-state index in [1.54, 1.807) is 13.2 Å². The SMILES string of the molecule is COCC(CCBr)NC(=O)Cc1ccccc1Cl. The van der Waals surface area contributed by atoms with Crippen LogP contribution in [0.15, 0.2) is 24.3 Å². The van der Waals surface area contributed by atoms with Crippen LogP contribution in [0.2, 0.25) is 5.02 Å². The zero-order chi connectivity index (χ0) is 13.4. The second-order valence-electron chi connectivity index (χ2n) is 3.97. The maximum absolute atomic E-state index is 11.9. The van der Waals surface area contributed by atoms with E-state index < -0.39 is 0 Å². The van der Waals surface area contributed by atoms with Crippen molar-refractivity contribution < 1.29 is 9.53 Å². The summed E-state index contributed by atoms with van der Waals surface area (Å²) in [5.41, 5.74) is 0.840. The summed E-state index contributed by atoms with van der Waals surface area (Å²) in [7, 11) is 1.63. The van der Waals surface area contributed by atoms with Gasteiger partial charge in [-0.25, -0.2) is 0 Å². The third-order valence-electron chi connectivity index (χ3n) is 2.50. The van der Waals surface area contributed by atoms with Gasteiger partial charge in [-0.1, -0.05) is 45.7 Å². The molecular formula is C13H17BrClNO2. The first-order chi connectivity index (χ1) is 8.67. The summed E-state index contributed by atoms with van der Waals surface area (Å²) >= 11 is 9.38. The Bertz CT molecular complexity index is 381. The Kier molecular flexibility index (Phi) is 7.32. The number of ether oxygens (including phenoxy) is 1. The molecule has 3 nitrogen and oxygen atoms in total. The number of methoxy groups -OCH3 is 1. The first-order valence-corrected chi connectivity index (χ1v) is 7.25. The molecule has 5 heteroatoms. The predicted molar refractivity (Wildman–Crippen MR) is 77.4 cm³/mol. The number of amides is 1. The highest BCUT2D eigenvalue weighted by Crippen LogP contribution is 2.15. The van der Waals surface area contributed by atoms with E-state index in [1.807, 2.05) is 18.2 Å². The van der Waals surface area contributed by atoms with Gasteiger partial charge in [0.2, 0.25) is 5.91 Å². The number of carbonyl (C=O) groups excluding carboxylic acids is 1. The molecule has 100 valence electrons. The molecule has 0 fully saturated rings. The largest absolute Gasteiger partial charge is 0.383 e. The standard InChI is InChI=1S/C13H17BrClNO2/c1-18-9-11(6-7-14)16-13(17)8-10-4-2-3-5-12(10)15/h2-5,11H,6-9H2,1H3,(H,16,17). The molecule has 1 aromatic rings. The first kappa shape index (κ1) is 15.5. The summed E-state index contributed by atoms with van der Waals surface area (Å²) in [6.07, 6.45) is 1.13. The number of rotatable bonds is 7. The zero-order valence-electron chi connectivity index (χ0n) is 10.3. The summed E-state index contributed by atoms with van der Waals surface area (Å²) in [6, 6.07) is 7.40. The highest BCUT2D eigenvalue weighted by molar-refractivity contribution is 9.09. The molecule has 0 spiro atoms. The summed E-state index contributed by atoms with van der Waals surface area (Å²) in [6.45, 7) is 0.514. The Hall–Kier alpha value is -0.580. The van der Waals surface area contributed by atoms with Gasteiger partial charge in [0.25, 0.3) is 0 Å². The molecule has 0 aliphatic rings. The minimum absolute atomic E-state index is 0.0318. The van der Waals surface area contributed by atoms with Crippen molar-refractivity contribution in [3.8, 4) is 0 Å². The lowest BCUT2D eigenvalue weighted by Gasteiger charge is -2.17. The number of carbonyl (C=O) groups is 1. The molecule has 1 N–H and O–H groups in total. The number of hydrogen-bond donors (Lipinski definition) is 1. The number of hydrogen-bond acceptors (Lipinski definition) is 2. The molecule has 0 heterocycles. The molecule has 0 aliphatic heterocycles. The van der Waals surface area contributed by atoms with Crippen LogP contribution in [0.25, 0.3) is 0 Å². The van der Waals surface area contributed by atoms with E-state index in [0.29, 0.717) is 18.1 Å². The van der Waals surface area contributed by atoms with Crippen molar-refractivity contribution in [3.05, 3.63) is 34.9 Å². The second-order valence-corrected chi connectivity index (χ2v) is 5.17. The van der Waals surface area contributed by atoms with Gasteiger partial charge < -0.3 is 10.1 Å². The Morgan fingerprint density at radius 3 is 2.83 bits per heavy atom. The topological polar surface area (TPSA) is 38.3 Å². The van der Waals surface area contributed by atoms with Crippen molar-refractivity contribution in [1.82, 2.24) is 5.32 Å². The molecule has 0 aromatic heterocycles. The first-order valence-electron chi connectivity index (χ1n) is 5.75. The maximum atomic E-state index is 11.9. The molecule has 0 radical (unpaired) electrons. The highest BCUT2D eigenvalue weighted by Gasteiger charge is 2.12. The fourth-order valence-electron chi connectivity index (χ4n) is 1.62. The molecule has 0 saturated heterocycles. The zero-order valence-corrected chi connectivity index (χ0v) is 12.6. The summed E-state index contributed by atoms with van der Waals surface area (Å²) in [4.78, 5) is 11.9. The van der Waals surface area contributed by atoms with Crippen molar-refractivity contribution >= 4 is 33.4 Å². The molecule has 0 aliphatic carbocycles. The van der Waals surface area contributed by atoms with Gasteiger partial charge in [0.15, 0.2) is 0 Å². The Labute approximate surface area is 121 Å². The molecule has 1 amide bonds. The van der Waals surface area contributed by atoms with Gasteiger partial charge in [0, 0.05) is 17.5 Å².